The van der Waals surface area contributed by atoms with Crippen molar-refractivity contribution in [3.8, 4) is 23.0 Å². The van der Waals surface area contributed by atoms with Crippen molar-refractivity contribution in [3.63, 3.8) is 0 Å². The number of nitrogens with zero attached hydrogens (tertiary/aromatic N) is 2. The van der Waals surface area contributed by atoms with E-state index in [0.29, 0.717) is 34.3 Å². The summed E-state index contributed by atoms with van der Waals surface area (Å²) in [7, 11) is 3.15. The Bertz CT molecular complexity index is 1180. The van der Waals surface area contributed by atoms with E-state index in [1.807, 2.05) is 29.7 Å². The summed E-state index contributed by atoms with van der Waals surface area (Å²) in [5.41, 5.74) is 1.79. The van der Waals surface area contributed by atoms with Gasteiger partial charge in [-0.05, 0) is 30.7 Å². The smallest absolute Gasteiger partial charge is 0.272 e. The Balaban J connectivity index is 1.64. The number of aromatic nitrogens is 1. The Hall–Kier alpha value is -3.26. The molecule has 0 radical (unpaired) electrons. The molecule has 0 saturated carbocycles. The van der Waals surface area contributed by atoms with Crippen LogP contribution in [0.15, 0.2) is 41.4 Å². The molecule has 0 atom stereocenters. The van der Waals surface area contributed by atoms with Crippen LogP contribution in [0.3, 0.4) is 0 Å². The van der Waals surface area contributed by atoms with Gasteiger partial charge in [-0.1, -0.05) is 17.4 Å². The van der Waals surface area contributed by atoms with Crippen molar-refractivity contribution in [2.45, 2.75) is 13.5 Å². The van der Waals surface area contributed by atoms with Crippen LogP contribution in [0, 0.1) is 0 Å². The highest BCUT2D eigenvalue weighted by molar-refractivity contribution is 7.16. The second kappa shape index (κ2) is 8.00. The molecule has 0 N–H and O–H groups in total. The fourth-order valence-electron chi connectivity index (χ4n) is 3.11. The molecule has 1 aliphatic rings. The third-order valence-electron chi connectivity index (χ3n) is 4.53. The second-order valence-corrected chi connectivity index (χ2v) is 7.21. The number of aryl methyl sites for hydroxylation is 1. The standard InChI is InChI=1S/C21H20N2O5S/c1-4-23-14-10-17-18(28-12-27-17)11-19(14)29-21(23)22-20(24)8-6-13-5-7-15(25-2)16(9-13)26-3/h5-11H,4,12H2,1-3H3. The van der Waals surface area contributed by atoms with Gasteiger partial charge in [0, 0.05) is 24.8 Å². The van der Waals surface area contributed by atoms with Crippen molar-refractivity contribution in [3.05, 3.63) is 46.8 Å². The number of carbonyl (C=O) groups is 1. The van der Waals surface area contributed by atoms with E-state index in [1.54, 1.807) is 32.4 Å². The minimum atomic E-state index is -0.339. The molecule has 0 saturated heterocycles. The van der Waals surface area contributed by atoms with E-state index in [1.165, 1.54) is 17.4 Å². The van der Waals surface area contributed by atoms with Crippen LogP contribution in [0.5, 0.6) is 23.0 Å². The van der Waals surface area contributed by atoms with Crippen LogP contribution in [0.25, 0.3) is 16.3 Å². The lowest BCUT2D eigenvalue weighted by molar-refractivity contribution is -0.113. The molecule has 2 aromatic carbocycles. The van der Waals surface area contributed by atoms with Crippen molar-refractivity contribution < 1.29 is 23.7 Å². The number of thiazole rings is 1. The van der Waals surface area contributed by atoms with Crippen LogP contribution in [0.4, 0.5) is 0 Å². The average Bonchev–Trinajstić information content (AvgIpc) is 3.32. The number of fused-ring (bicyclic) bond motifs is 2. The van der Waals surface area contributed by atoms with Crippen molar-refractivity contribution in [1.29, 1.82) is 0 Å². The Morgan fingerprint density at radius 1 is 1.17 bits per heavy atom. The van der Waals surface area contributed by atoms with Gasteiger partial charge in [-0.2, -0.15) is 4.99 Å². The highest BCUT2D eigenvalue weighted by Crippen LogP contribution is 2.37. The van der Waals surface area contributed by atoms with Crippen LogP contribution >= 0.6 is 11.3 Å². The second-order valence-electron chi connectivity index (χ2n) is 6.20. The topological polar surface area (TPSA) is 71.3 Å². The Morgan fingerprint density at radius 2 is 1.93 bits per heavy atom. The monoisotopic (exact) mass is 412 g/mol. The summed E-state index contributed by atoms with van der Waals surface area (Å²) < 4.78 is 24.4. The minimum absolute atomic E-state index is 0.232. The number of carbonyl (C=O) groups excluding carboxylic acids is 1. The average molecular weight is 412 g/mol. The SMILES string of the molecule is CCn1c(=NC(=O)C=Cc2ccc(OC)c(OC)c2)sc2cc3c(cc21)OCO3. The van der Waals surface area contributed by atoms with E-state index < -0.39 is 0 Å². The molecule has 1 amide bonds. The summed E-state index contributed by atoms with van der Waals surface area (Å²) in [6.45, 7) is 2.93. The van der Waals surface area contributed by atoms with E-state index >= 15 is 0 Å². The molecule has 0 spiro atoms. The molecule has 3 aromatic rings. The number of benzene rings is 2. The largest absolute Gasteiger partial charge is 0.493 e. The van der Waals surface area contributed by atoms with Crippen LogP contribution in [-0.4, -0.2) is 31.5 Å². The zero-order valence-electron chi connectivity index (χ0n) is 16.3. The molecule has 1 aliphatic heterocycles. The molecule has 8 heteroatoms. The number of hydrogen-bond acceptors (Lipinski definition) is 6. The van der Waals surface area contributed by atoms with Gasteiger partial charge < -0.3 is 23.5 Å². The van der Waals surface area contributed by atoms with Crippen LogP contribution in [0.1, 0.15) is 12.5 Å². The minimum Gasteiger partial charge on any atom is -0.493 e. The van der Waals surface area contributed by atoms with Gasteiger partial charge in [0.25, 0.3) is 5.91 Å². The quantitative estimate of drug-likeness (QED) is 0.599. The Labute approximate surface area is 171 Å². The maximum absolute atomic E-state index is 12.4. The van der Waals surface area contributed by atoms with Gasteiger partial charge in [0.1, 0.15) is 0 Å². The van der Waals surface area contributed by atoms with E-state index in [-0.39, 0.29) is 12.7 Å². The fraction of sp³-hybridized carbons (Fsp3) is 0.238. The van der Waals surface area contributed by atoms with Gasteiger partial charge in [-0.3, -0.25) is 4.79 Å². The molecule has 0 fully saturated rings. The lowest BCUT2D eigenvalue weighted by Gasteiger charge is -2.07. The highest BCUT2D eigenvalue weighted by atomic mass is 32.1. The number of ether oxygens (including phenoxy) is 4. The van der Waals surface area contributed by atoms with Crippen LogP contribution in [0.2, 0.25) is 0 Å². The van der Waals surface area contributed by atoms with Gasteiger partial charge in [-0.25, -0.2) is 0 Å². The molecule has 0 unspecified atom stereocenters. The first kappa shape index (κ1) is 19.1. The number of hydrogen-bond donors (Lipinski definition) is 0. The molecule has 7 nitrogen and oxygen atoms in total. The third kappa shape index (κ3) is 3.71. The zero-order valence-corrected chi connectivity index (χ0v) is 17.1. The summed E-state index contributed by atoms with van der Waals surface area (Å²) in [6.07, 6.45) is 3.14. The molecule has 4 rings (SSSR count). The van der Waals surface area contributed by atoms with Gasteiger partial charge >= 0.3 is 0 Å². The first-order valence-electron chi connectivity index (χ1n) is 9.04. The molecule has 2 heterocycles. The van der Waals surface area contributed by atoms with E-state index in [9.17, 15) is 4.79 Å². The van der Waals surface area contributed by atoms with Crippen molar-refractivity contribution >= 4 is 33.5 Å². The molecular formula is C21H20N2O5S. The van der Waals surface area contributed by atoms with Crippen LogP contribution in [-0.2, 0) is 11.3 Å². The van der Waals surface area contributed by atoms with Crippen LogP contribution < -0.4 is 23.7 Å². The summed E-state index contributed by atoms with van der Waals surface area (Å²) in [5, 5.41) is 0. The third-order valence-corrected chi connectivity index (χ3v) is 5.57. The summed E-state index contributed by atoms with van der Waals surface area (Å²) in [5.74, 6) is 2.32. The molecule has 1 aromatic heterocycles. The van der Waals surface area contributed by atoms with Crippen molar-refractivity contribution in [1.82, 2.24) is 4.57 Å². The maximum Gasteiger partial charge on any atom is 0.272 e. The normalized spacial score (nSPS) is 13.4. The van der Waals surface area contributed by atoms with Gasteiger partial charge in [0.05, 0.1) is 24.4 Å². The summed E-state index contributed by atoms with van der Waals surface area (Å²) in [4.78, 5) is 17.4. The lowest BCUT2D eigenvalue weighted by atomic mass is 10.2. The van der Waals surface area contributed by atoms with E-state index in [2.05, 4.69) is 4.99 Å². The first-order chi connectivity index (χ1) is 14.1. The fourth-order valence-corrected chi connectivity index (χ4v) is 4.22. The lowest BCUT2D eigenvalue weighted by Crippen LogP contribution is -2.15. The van der Waals surface area contributed by atoms with Gasteiger partial charge in [0.2, 0.25) is 6.79 Å². The van der Waals surface area contributed by atoms with Crippen molar-refractivity contribution in [2.24, 2.45) is 4.99 Å². The Kier molecular flexibility index (Phi) is 5.26. The highest BCUT2D eigenvalue weighted by Gasteiger charge is 2.17. The van der Waals surface area contributed by atoms with Gasteiger partial charge in [0.15, 0.2) is 27.8 Å². The molecule has 29 heavy (non-hydrogen) atoms. The Morgan fingerprint density at radius 3 is 2.66 bits per heavy atom. The number of methoxy groups -OCH3 is 2. The van der Waals surface area contributed by atoms with Crippen molar-refractivity contribution in [2.75, 3.05) is 21.0 Å². The first-order valence-corrected chi connectivity index (χ1v) is 9.86. The maximum atomic E-state index is 12.4. The molecule has 0 bridgehead atoms. The van der Waals surface area contributed by atoms with Gasteiger partial charge in [-0.15, -0.1) is 0 Å². The van der Waals surface area contributed by atoms with E-state index in [4.69, 9.17) is 18.9 Å². The molecule has 150 valence electrons. The predicted octanol–water partition coefficient (Wildman–Crippen LogP) is 3.61. The van der Waals surface area contributed by atoms with E-state index in [0.717, 1.165) is 15.8 Å². The number of rotatable bonds is 5. The molecule has 0 aliphatic carbocycles. The summed E-state index contributed by atoms with van der Waals surface area (Å²) in [6, 6.07) is 9.30. The number of amides is 1. The molecular weight excluding hydrogens is 392 g/mol. The zero-order chi connectivity index (χ0) is 20.4. The summed E-state index contributed by atoms with van der Waals surface area (Å²) >= 11 is 1.44. The predicted molar refractivity (Wildman–Crippen MR) is 111 cm³/mol.